The van der Waals surface area contributed by atoms with Crippen molar-refractivity contribution in [3.8, 4) is 16.9 Å². The van der Waals surface area contributed by atoms with Crippen LogP contribution >= 0.6 is 11.6 Å². The van der Waals surface area contributed by atoms with Crippen molar-refractivity contribution in [1.82, 2.24) is 9.55 Å². The number of hydrogen-bond donors (Lipinski definition) is 2. The Morgan fingerprint density at radius 2 is 2.03 bits per heavy atom. The Balaban J connectivity index is 1.72. The lowest BCUT2D eigenvalue weighted by Gasteiger charge is -2.21. The molecular formula is C26H26ClN5O5. The van der Waals surface area contributed by atoms with Crippen LogP contribution in [0.2, 0.25) is 5.02 Å². The van der Waals surface area contributed by atoms with Crippen LogP contribution in [0.1, 0.15) is 48.3 Å². The molecule has 1 atom stereocenters. The molecule has 2 amide bonds. The van der Waals surface area contributed by atoms with Gasteiger partial charge in [-0.2, -0.15) is 0 Å². The molecular weight excluding hydrogens is 498 g/mol. The first-order chi connectivity index (χ1) is 17.8. The number of rotatable bonds is 9. The fourth-order valence-electron chi connectivity index (χ4n) is 4.14. The van der Waals surface area contributed by atoms with Crippen molar-refractivity contribution in [1.29, 1.82) is 0 Å². The molecule has 0 bridgehead atoms. The minimum absolute atomic E-state index is 0.0789. The molecule has 1 aliphatic rings. The summed E-state index contributed by atoms with van der Waals surface area (Å²) in [5.41, 5.74) is 8.02. The minimum atomic E-state index is -0.817. The number of methoxy groups -OCH3 is 1. The van der Waals surface area contributed by atoms with Gasteiger partial charge in [-0.05, 0) is 36.2 Å². The van der Waals surface area contributed by atoms with Gasteiger partial charge in [0.05, 0.1) is 30.9 Å². The maximum Gasteiger partial charge on any atom is 0.267 e. The Labute approximate surface area is 218 Å². The third-order valence-corrected chi connectivity index (χ3v) is 6.17. The van der Waals surface area contributed by atoms with Crippen LogP contribution in [-0.2, 0) is 9.63 Å². The number of nitrogens with one attached hydrogen (secondary N) is 1. The zero-order chi connectivity index (χ0) is 26.5. The number of aromatic nitrogens is 2. The predicted molar refractivity (Wildman–Crippen MR) is 140 cm³/mol. The van der Waals surface area contributed by atoms with Crippen molar-refractivity contribution >= 4 is 34.8 Å². The second-order valence-corrected chi connectivity index (χ2v) is 8.84. The lowest BCUT2D eigenvalue weighted by molar-refractivity contribution is -0.119. The average Bonchev–Trinajstić information content (AvgIpc) is 3.42. The van der Waals surface area contributed by atoms with Gasteiger partial charge in [-0.15, -0.1) is 0 Å². The molecule has 192 valence electrons. The summed E-state index contributed by atoms with van der Waals surface area (Å²) in [6.45, 7) is 2.40. The van der Waals surface area contributed by atoms with E-state index in [4.69, 9.17) is 26.9 Å². The number of nitrogens with two attached hydrogens (primary N) is 1. The zero-order valence-corrected chi connectivity index (χ0v) is 21.1. The van der Waals surface area contributed by atoms with Crippen LogP contribution in [0.4, 0.5) is 5.69 Å². The summed E-state index contributed by atoms with van der Waals surface area (Å²) >= 11 is 6.30. The van der Waals surface area contributed by atoms with Crippen LogP contribution < -0.4 is 21.3 Å². The minimum Gasteiger partial charge on any atom is -0.495 e. The number of carbonyl (C=O) groups excluding carboxylic acids is 2. The maximum absolute atomic E-state index is 13.4. The number of nitrogens with zero attached hydrogens (tertiary/aromatic N) is 3. The van der Waals surface area contributed by atoms with Crippen LogP contribution in [0.15, 0.2) is 58.7 Å². The van der Waals surface area contributed by atoms with E-state index in [1.54, 1.807) is 12.1 Å². The number of benzene rings is 1. The maximum atomic E-state index is 13.4. The van der Waals surface area contributed by atoms with Crippen LogP contribution in [0.5, 0.6) is 5.75 Å². The molecule has 3 aromatic rings. The van der Waals surface area contributed by atoms with Crippen molar-refractivity contribution in [2.24, 2.45) is 10.9 Å². The van der Waals surface area contributed by atoms with Crippen LogP contribution in [0.3, 0.4) is 0 Å². The SMILES string of the molecule is CCCC(C(=O)Nc1ccc(C(N)=O)nc1)n1cc(OC)c(-c2cc(Cl)ccc2C2=NOCC2)cc1=O. The van der Waals surface area contributed by atoms with Gasteiger partial charge in [0.2, 0.25) is 5.91 Å². The highest BCUT2D eigenvalue weighted by Gasteiger charge is 2.25. The first-order valence-corrected chi connectivity index (χ1v) is 12.1. The highest BCUT2D eigenvalue weighted by Crippen LogP contribution is 2.35. The summed E-state index contributed by atoms with van der Waals surface area (Å²) in [6.07, 6.45) is 4.54. The Morgan fingerprint density at radius 1 is 1.22 bits per heavy atom. The number of halogens is 1. The second-order valence-electron chi connectivity index (χ2n) is 8.40. The summed E-state index contributed by atoms with van der Waals surface area (Å²) in [7, 11) is 1.49. The first kappa shape index (κ1) is 25.9. The van der Waals surface area contributed by atoms with E-state index in [0.29, 0.717) is 53.5 Å². The van der Waals surface area contributed by atoms with Crippen molar-refractivity contribution < 1.29 is 19.2 Å². The fraction of sp³-hybridized carbons (Fsp3) is 0.269. The average molecular weight is 524 g/mol. The van der Waals surface area contributed by atoms with Gasteiger partial charge in [-0.1, -0.05) is 36.2 Å². The molecule has 10 nitrogen and oxygen atoms in total. The zero-order valence-electron chi connectivity index (χ0n) is 20.4. The van der Waals surface area contributed by atoms with E-state index in [1.165, 1.54) is 42.3 Å². The number of anilines is 1. The summed E-state index contributed by atoms with van der Waals surface area (Å²) in [6, 6.07) is 8.89. The molecule has 0 fully saturated rings. The van der Waals surface area contributed by atoms with Crippen molar-refractivity contribution in [3.63, 3.8) is 0 Å². The molecule has 0 saturated carbocycles. The van der Waals surface area contributed by atoms with Crippen molar-refractivity contribution in [3.05, 3.63) is 75.4 Å². The number of pyridine rings is 2. The molecule has 1 unspecified atom stereocenters. The monoisotopic (exact) mass is 523 g/mol. The largest absolute Gasteiger partial charge is 0.495 e. The lowest BCUT2D eigenvalue weighted by Crippen LogP contribution is -2.33. The Hall–Kier alpha value is -4.18. The third kappa shape index (κ3) is 5.64. The number of amides is 2. The van der Waals surface area contributed by atoms with Crippen LogP contribution in [0.25, 0.3) is 11.1 Å². The van der Waals surface area contributed by atoms with Gasteiger partial charge in [-0.25, -0.2) is 4.98 Å². The molecule has 37 heavy (non-hydrogen) atoms. The summed E-state index contributed by atoms with van der Waals surface area (Å²) < 4.78 is 7.01. The van der Waals surface area contributed by atoms with Crippen LogP contribution in [0, 0.1) is 0 Å². The molecule has 4 rings (SSSR count). The van der Waals surface area contributed by atoms with Gasteiger partial charge in [0, 0.05) is 28.6 Å². The number of oxime groups is 1. The molecule has 0 aliphatic carbocycles. The molecule has 3 N–H and O–H groups in total. The highest BCUT2D eigenvalue weighted by molar-refractivity contribution is 6.31. The van der Waals surface area contributed by atoms with E-state index in [1.807, 2.05) is 13.0 Å². The van der Waals surface area contributed by atoms with E-state index in [9.17, 15) is 14.4 Å². The standard InChI is InChI=1S/C26H26ClN5O5/c1-3-4-22(26(35)30-16-6-8-21(25(28)34)29-13-16)32-14-23(36-2)19(12-24(32)33)18-11-15(27)5-7-17(18)20-9-10-37-31-20/h5-8,11-14,22H,3-4,9-10H2,1-2H3,(H2,28,34)(H,30,35). The Morgan fingerprint density at radius 3 is 2.65 bits per heavy atom. The van der Waals surface area contributed by atoms with Gasteiger partial charge in [0.1, 0.15) is 24.1 Å². The van der Waals surface area contributed by atoms with Crippen molar-refractivity contribution in [2.45, 2.75) is 32.2 Å². The van der Waals surface area contributed by atoms with Gasteiger partial charge < -0.3 is 20.6 Å². The molecule has 11 heteroatoms. The van der Waals surface area contributed by atoms with Gasteiger partial charge in [-0.3, -0.25) is 19.0 Å². The molecule has 1 aliphatic heterocycles. The molecule has 0 spiro atoms. The summed E-state index contributed by atoms with van der Waals surface area (Å²) in [5, 5.41) is 7.36. The molecule has 3 heterocycles. The van der Waals surface area contributed by atoms with E-state index < -0.39 is 17.9 Å². The van der Waals surface area contributed by atoms with Gasteiger partial charge in [0.25, 0.3) is 11.5 Å². The van der Waals surface area contributed by atoms with Gasteiger partial charge >= 0.3 is 0 Å². The molecule has 2 aromatic heterocycles. The Bertz CT molecular complexity index is 1420. The Kier molecular flexibility index (Phi) is 7.88. The van der Waals surface area contributed by atoms with Crippen LogP contribution in [-0.4, -0.2) is 40.8 Å². The lowest BCUT2D eigenvalue weighted by atomic mass is 9.95. The van der Waals surface area contributed by atoms with E-state index in [-0.39, 0.29) is 11.3 Å². The van der Waals surface area contributed by atoms with E-state index in [0.717, 1.165) is 11.3 Å². The fourth-order valence-corrected chi connectivity index (χ4v) is 4.31. The number of carbonyl (C=O) groups is 2. The number of hydrogen-bond acceptors (Lipinski definition) is 7. The molecule has 1 aromatic carbocycles. The summed E-state index contributed by atoms with van der Waals surface area (Å²) in [5.74, 6) is -0.687. The third-order valence-electron chi connectivity index (χ3n) is 5.94. The topological polar surface area (TPSA) is 138 Å². The van der Waals surface area contributed by atoms with E-state index >= 15 is 0 Å². The van der Waals surface area contributed by atoms with E-state index in [2.05, 4.69) is 15.5 Å². The highest BCUT2D eigenvalue weighted by atomic mass is 35.5. The number of primary amides is 1. The smallest absolute Gasteiger partial charge is 0.267 e. The second kappa shape index (κ2) is 11.3. The van der Waals surface area contributed by atoms with Crippen molar-refractivity contribution in [2.75, 3.05) is 19.0 Å². The number of ether oxygens (including phenoxy) is 1. The molecule has 0 radical (unpaired) electrons. The summed E-state index contributed by atoms with van der Waals surface area (Å²) in [4.78, 5) is 47.0. The van der Waals surface area contributed by atoms with Gasteiger partial charge in [0.15, 0.2) is 0 Å². The normalized spacial score (nSPS) is 13.4. The first-order valence-electron chi connectivity index (χ1n) is 11.7. The molecule has 0 saturated heterocycles. The predicted octanol–water partition coefficient (Wildman–Crippen LogP) is 3.78. The quantitative estimate of drug-likeness (QED) is 0.438.